The van der Waals surface area contributed by atoms with Gasteiger partial charge in [-0.1, -0.05) is 12.8 Å². The molecule has 2 saturated carbocycles. The maximum absolute atomic E-state index is 12.0. The van der Waals surface area contributed by atoms with E-state index in [0.717, 1.165) is 36.0 Å². The van der Waals surface area contributed by atoms with Crippen molar-refractivity contribution in [2.75, 3.05) is 25.5 Å². The van der Waals surface area contributed by atoms with Crippen molar-refractivity contribution in [3.8, 4) is 0 Å². The smallest absolute Gasteiger partial charge is 0.228 e. The molecule has 7 nitrogen and oxygen atoms in total. The third kappa shape index (κ3) is 5.23. The van der Waals surface area contributed by atoms with Gasteiger partial charge in [0.1, 0.15) is 0 Å². The number of carbonyl (C=O) groups excluding carboxylic acids is 1. The number of aromatic nitrogens is 2. The molecule has 2 fully saturated rings. The van der Waals surface area contributed by atoms with Gasteiger partial charge in [0.2, 0.25) is 5.91 Å². The summed E-state index contributed by atoms with van der Waals surface area (Å²) < 4.78 is 7.67. The second-order valence-corrected chi connectivity index (χ2v) is 7.80. The molecule has 2 heterocycles. The Balaban J connectivity index is 1.39. The Kier molecular flexibility index (Phi) is 6.24. The van der Waals surface area contributed by atoms with Crippen molar-refractivity contribution < 1.29 is 9.53 Å². The molecule has 29 heavy (non-hydrogen) atoms. The lowest BCUT2D eigenvalue weighted by molar-refractivity contribution is -0.117. The van der Waals surface area contributed by atoms with E-state index in [1.54, 1.807) is 11.6 Å². The van der Waals surface area contributed by atoms with Crippen LogP contribution in [0.2, 0.25) is 0 Å². The number of aliphatic imine (C=N–C) groups is 1. The fourth-order valence-electron chi connectivity index (χ4n) is 3.66. The highest BCUT2D eigenvalue weighted by atomic mass is 16.5. The van der Waals surface area contributed by atoms with E-state index >= 15 is 0 Å². The van der Waals surface area contributed by atoms with E-state index in [4.69, 9.17) is 4.74 Å². The lowest BCUT2D eigenvalue weighted by Gasteiger charge is -2.11. The highest BCUT2D eigenvalue weighted by Gasteiger charge is 2.30. The molecule has 4 rings (SSSR count). The van der Waals surface area contributed by atoms with Gasteiger partial charge >= 0.3 is 0 Å². The Hall–Kier alpha value is -2.67. The van der Waals surface area contributed by atoms with Gasteiger partial charge in [-0.15, -0.1) is 0 Å². The highest BCUT2D eigenvalue weighted by molar-refractivity contribution is 6.10. The number of nitrogens with zero attached hydrogens (tertiary/aromatic N) is 3. The molecule has 0 saturated heterocycles. The van der Waals surface area contributed by atoms with Gasteiger partial charge in [-0.2, -0.15) is 5.10 Å². The molecule has 0 aliphatic heterocycles. The molecule has 0 radical (unpaired) electrons. The third-order valence-corrected chi connectivity index (χ3v) is 5.42. The lowest BCUT2D eigenvalue weighted by atomic mass is 10.1. The normalized spacial score (nSPS) is 18.0. The van der Waals surface area contributed by atoms with Crippen molar-refractivity contribution in [2.45, 2.75) is 44.6 Å². The number of carbonyl (C=O) groups is 1. The van der Waals surface area contributed by atoms with Gasteiger partial charge in [0.05, 0.1) is 18.2 Å². The average molecular weight is 396 g/mol. The van der Waals surface area contributed by atoms with E-state index in [2.05, 4.69) is 20.7 Å². The number of ether oxygens (including phenoxy) is 1. The van der Waals surface area contributed by atoms with Crippen LogP contribution in [0.25, 0.3) is 11.1 Å². The molecule has 7 heteroatoms. The average Bonchev–Trinajstić information content (AvgIpc) is 3.30. The minimum atomic E-state index is 0.0661. The van der Waals surface area contributed by atoms with Crippen molar-refractivity contribution in [3.05, 3.63) is 36.2 Å². The van der Waals surface area contributed by atoms with Crippen LogP contribution in [-0.2, 0) is 9.53 Å². The van der Waals surface area contributed by atoms with E-state index in [1.807, 2.05) is 36.8 Å². The molecule has 0 aromatic carbocycles. The number of anilines is 1. The largest absolute Gasteiger partial charge is 0.388 e. The SMILES string of the molecule is CN=CC(=CNCCOC1CCCC1)c1ccn2nc(NC(=O)C3CC3)cc2c1. The number of hydrogen-bond acceptors (Lipinski definition) is 5. The first-order chi connectivity index (χ1) is 14.2. The molecule has 1 amide bonds. The monoisotopic (exact) mass is 395 g/mol. The Labute approximate surface area is 171 Å². The van der Waals surface area contributed by atoms with Crippen LogP contribution in [0.3, 0.4) is 0 Å². The van der Waals surface area contributed by atoms with Crippen molar-refractivity contribution in [1.82, 2.24) is 14.9 Å². The van der Waals surface area contributed by atoms with Gasteiger partial charge in [0.25, 0.3) is 0 Å². The van der Waals surface area contributed by atoms with Gasteiger partial charge in [0.15, 0.2) is 5.82 Å². The molecule has 2 aliphatic rings. The van der Waals surface area contributed by atoms with Gasteiger partial charge in [-0.25, -0.2) is 4.52 Å². The summed E-state index contributed by atoms with van der Waals surface area (Å²) in [5.41, 5.74) is 2.95. The number of amides is 1. The Morgan fingerprint density at radius 2 is 2.14 bits per heavy atom. The topological polar surface area (TPSA) is 80.0 Å². The molecule has 0 spiro atoms. The molecule has 2 N–H and O–H groups in total. The van der Waals surface area contributed by atoms with Crippen LogP contribution in [-0.4, -0.2) is 48.0 Å². The number of pyridine rings is 1. The van der Waals surface area contributed by atoms with Crippen LogP contribution in [0.4, 0.5) is 5.82 Å². The first-order valence-corrected chi connectivity index (χ1v) is 10.5. The zero-order valence-electron chi connectivity index (χ0n) is 16.9. The molecule has 0 bridgehead atoms. The zero-order valence-corrected chi connectivity index (χ0v) is 16.9. The quantitative estimate of drug-likeness (QED) is 0.504. The molecule has 2 aliphatic carbocycles. The number of hydrogen-bond donors (Lipinski definition) is 2. The second kappa shape index (κ2) is 9.22. The van der Waals surface area contributed by atoms with Crippen LogP contribution in [0, 0.1) is 5.92 Å². The standard InChI is InChI=1S/C22H29N5O2/c1-23-14-18(15-24-9-11-29-20-4-2-3-5-20)17-8-10-27-19(12-17)13-21(26-27)25-22(28)16-6-7-16/h8,10,12-16,20,24H,2-7,9,11H2,1H3,(H,25,26,28). The van der Waals surface area contributed by atoms with Crippen LogP contribution in [0.1, 0.15) is 44.1 Å². The summed E-state index contributed by atoms with van der Waals surface area (Å²) in [4.78, 5) is 16.1. The molecule has 154 valence electrons. The fraction of sp³-hybridized carbons (Fsp3) is 0.500. The van der Waals surface area contributed by atoms with Crippen molar-refractivity contribution in [2.24, 2.45) is 10.9 Å². The molecular formula is C22H29N5O2. The second-order valence-electron chi connectivity index (χ2n) is 7.80. The minimum absolute atomic E-state index is 0.0661. The first kappa shape index (κ1) is 19.6. The van der Waals surface area contributed by atoms with Crippen LogP contribution < -0.4 is 10.6 Å². The molecule has 0 unspecified atom stereocenters. The van der Waals surface area contributed by atoms with Crippen molar-refractivity contribution in [1.29, 1.82) is 0 Å². The van der Waals surface area contributed by atoms with Gasteiger partial charge < -0.3 is 15.4 Å². The predicted molar refractivity (Wildman–Crippen MR) is 115 cm³/mol. The van der Waals surface area contributed by atoms with E-state index in [-0.39, 0.29) is 11.8 Å². The maximum atomic E-state index is 12.0. The minimum Gasteiger partial charge on any atom is -0.388 e. The Morgan fingerprint density at radius 1 is 1.31 bits per heavy atom. The van der Waals surface area contributed by atoms with E-state index in [9.17, 15) is 4.79 Å². The molecule has 2 aromatic rings. The van der Waals surface area contributed by atoms with E-state index < -0.39 is 0 Å². The summed E-state index contributed by atoms with van der Waals surface area (Å²) in [6.07, 6.45) is 13.1. The van der Waals surface area contributed by atoms with Gasteiger partial charge in [-0.3, -0.25) is 9.79 Å². The summed E-state index contributed by atoms with van der Waals surface area (Å²) in [7, 11) is 1.76. The summed E-state index contributed by atoms with van der Waals surface area (Å²) in [6.45, 7) is 1.48. The molecule has 0 atom stereocenters. The highest BCUT2D eigenvalue weighted by Crippen LogP contribution is 2.30. The Morgan fingerprint density at radius 3 is 2.90 bits per heavy atom. The lowest BCUT2D eigenvalue weighted by Crippen LogP contribution is -2.18. The number of nitrogens with one attached hydrogen (secondary N) is 2. The predicted octanol–water partition coefficient (Wildman–Crippen LogP) is 3.27. The summed E-state index contributed by atoms with van der Waals surface area (Å²) in [5.74, 6) is 0.821. The van der Waals surface area contributed by atoms with Crippen molar-refractivity contribution in [3.63, 3.8) is 0 Å². The van der Waals surface area contributed by atoms with Gasteiger partial charge in [-0.05, 0) is 43.4 Å². The van der Waals surface area contributed by atoms with Crippen LogP contribution in [0.15, 0.2) is 35.6 Å². The van der Waals surface area contributed by atoms with Crippen LogP contribution in [0.5, 0.6) is 0 Å². The fourth-order valence-corrected chi connectivity index (χ4v) is 3.66. The van der Waals surface area contributed by atoms with Gasteiger partial charge in [0, 0.05) is 49.8 Å². The number of allylic oxidation sites excluding steroid dienone is 1. The zero-order chi connectivity index (χ0) is 20.1. The number of fused-ring (bicyclic) bond motifs is 1. The Bertz CT molecular complexity index is 907. The summed E-state index contributed by atoms with van der Waals surface area (Å²) in [6, 6.07) is 5.94. The van der Waals surface area contributed by atoms with E-state index in [0.29, 0.717) is 18.5 Å². The molecular weight excluding hydrogens is 366 g/mol. The summed E-state index contributed by atoms with van der Waals surface area (Å²) >= 11 is 0. The van der Waals surface area contributed by atoms with Crippen molar-refractivity contribution >= 4 is 29.0 Å². The maximum Gasteiger partial charge on any atom is 0.228 e. The third-order valence-electron chi connectivity index (χ3n) is 5.42. The van der Waals surface area contributed by atoms with Crippen LogP contribution >= 0.6 is 0 Å². The number of rotatable bonds is 9. The molecule has 2 aromatic heterocycles. The summed E-state index contributed by atoms with van der Waals surface area (Å²) in [5, 5.41) is 10.7. The van der Waals surface area contributed by atoms with E-state index in [1.165, 1.54) is 25.7 Å². The first-order valence-electron chi connectivity index (χ1n) is 10.5.